The minimum atomic E-state index is -0.377. The van der Waals surface area contributed by atoms with Crippen molar-refractivity contribution in [3.8, 4) is 11.5 Å². The molecule has 3 rings (SSSR count). The molecule has 25 heavy (non-hydrogen) atoms. The zero-order valence-corrected chi connectivity index (χ0v) is 14.1. The maximum absolute atomic E-state index is 12.5. The van der Waals surface area contributed by atoms with Crippen LogP contribution in [-0.2, 0) is 16.0 Å². The first-order valence-corrected chi connectivity index (χ1v) is 8.44. The summed E-state index contributed by atoms with van der Waals surface area (Å²) in [4.78, 5) is 34.6. The molecular weight excluding hydrogens is 322 g/mol. The summed E-state index contributed by atoms with van der Waals surface area (Å²) in [5.74, 6) is 0.626. The van der Waals surface area contributed by atoms with E-state index in [1.165, 1.54) is 0 Å². The highest BCUT2D eigenvalue weighted by Gasteiger charge is 2.31. The van der Waals surface area contributed by atoms with Gasteiger partial charge in [-0.1, -0.05) is 11.2 Å². The molecule has 1 saturated heterocycles. The quantitative estimate of drug-likeness (QED) is 0.875. The highest BCUT2D eigenvalue weighted by atomic mass is 16.5. The second-order valence-corrected chi connectivity index (χ2v) is 5.94. The van der Waals surface area contributed by atoms with Gasteiger partial charge >= 0.3 is 0 Å². The van der Waals surface area contributed by atoms with Gasteiger partial charge in [-0.05, 0) is 31.4 Å². The van der Waals surface area contributed by atoms with Crippen molar-refractivity contribution in [1.29, 1.82) is 0 Å². The predicted octanol–water partition coefficient (Wildman–Crippen LogP) is 1.19. The molecule has 0 saturated carbocycles. The number of hydrogen-bond donors (Lipinski definition) is 1. The van der Waals surface area contributed by atoms with Gasteiger partial charge in [-0.2, -0.15) is 4.98 Å². The monoisotopic (exact) mass is 343 g/mol. The lowest BCUT2D eigenvalue weighted by atomic mass is 10.0. The third-order valence-corrected chi connectivity index (χ3v) is 4.29. The van der Waals surface area contributed by atoms with E-state index in [1.54, 1.807) is 24.2 Å². The van der Waals surface area contributed by atoms with E-state index in [-0.39, 0.29) is 24.3 Å². The van der Waals surface area contributed by atoms with Crippen LogP contribution in [0, 0.1) is 0 Å². The Balaban J connectivity index is 1.60. The van der Waals surface area contributed by atoms with Crippen LogP contribution < -0.4 is 5.32 Å². The molecular formula is C17H21N5O3. The Morgan fingerprint density at radius 1 is 1.36 bits per heavy atom. The summed E-state index contributed by atoms with van der Waals surface area (Å²) in [7, 11) is 1.59. The molecule has 1 N–H and O–H groups in total. The predicted molar refractivity (Wildman–Crippen MR) is 89.3 cm³/mol. The van der Waals surface area contributed by atoms with Gasteiger partial charge in [0.25, 0.3) is 0 Å². The van der Waals surface area contributed by atoms with E-state index < -0.39 is 0 Å². The summed E-state index contributed by atoms with van der Waals surface area (Å²) < 4.78 is 5.20. The van der Waals surface area contributed by atoms with Gasteiger partial charge in [0.2, 0.25) is 23.5 Å². The van der Waals surface area contributed by atoms with E-state index in [4.69, 9.17) is 4.52 Å². The average Bonchev–Trinajstić information content (AvgIpc) is 3.15. The van der Waals surface area contributed by atoms with Crippen molar-refractivity contribution in [3.63, 3.8) is 0 Å². The van der Waals surface area contributed by atoms with Crippen LogP contribution in [0.1, 0.15) is 31.6 Å². The Kier molecular flexibility index (Phi) is 5.37. The molecule has 0 spiro atoms. The van der Waals surface area contributed by atoms with Crippen LogP contribution in [0.5, 0.6) is 0 Å². The topological polar surface area (TPSA) is 101 Å². The summed E-state index contributed by atoms with van der Waals surface area (Å²) in [6, 6.07) is 5.07. The smallest absolute Gasteiger partial charge is 0.242 e. The molecule has 1 aliphatic rings. The van der Waals surface area contributed by atoms with Crippen LogP contribution in [0.4, 0.5) is 0 Å². The van der Waals surface area contributed by atoms with Gasteiger partial charge in [-0.25, -0.2) is 0 Å². The average molecular weight is 343 g/mol. The van der Waals surface area contributed by atoms with Gasteiger partial charge < -0.3 is 14.7 Å². The standard InChI is InChI=1S/C17H21N5O3/c1-18-17(24)13-7-3-5-11-22(13)15(23)9-8-14-20-16(21-25-14)12-6-2-4-10-19-12/h2,4,6,10,13H,3,5,7-9,11H2,1H3,(H,18,24)/t13-/m1/s1. The van der Waals surface area contributed by atoms with E-state index in [0.29, 0.717) is 36.8 Å². The fourth-order valence-electron chi connectivity index (χ4n) is 2.98. The molecule has 2 aromatic heterocycles. The van der Waals surface area contributed by atoms with Crippen LogP contribution in [-0.4, -0.2) is 51.5 Å². The Morgan fingerprint density at radius 2 is 2.24 bits per heavy atom. The lowest BCUT2D eigenvalue weighted by Crippen LogP contribution is -2.51. The highest BCUT2D eigenvalue weighted by Crippen LogP contribution is 2.19. The van der Waals surface area contributed by atoms with E-state index in [1.807, 2.05) is 12.1 Å². The van der Waals surface area contributed by atoms with E-state index in [9.17, 15) is 9.59 Å². The fraction of sp³-hybridized carbons (Fsp3) is 0.471. The molecule has 8 heteroatoms. The molecule has 1 fully saturated rings. The van der Waals surface area contributed by atoms with Crippen molar-refractivity contribution in [2.45, 2.75) is 38.1 Å². The van der Waals surface area contributed by atoms with Crippen LogP contribution in [0.2, 0.25) is 0 Å². The number of rotatable bonds is 5. The van der Waals surface area contributed by atoms with Crippen molar-refractivity contribution in [3.05, 3.63) is 30.3 Å². The number of hydrogen-bond acceptors (Lipinski definition) is 6. The summed E-state index contributed by atoms with van der Waals surface area (Å²) in [6.07, 6.45) is 4.81. The van der Waals surface area contributed by atoms with Crippen LogP contribution >= 0.6 is 0 Å². The maximum atomic E-state index is 12.5. The van der Waals surface area contributed by atoms with Crippen molar-refractivity contribution < 1.29 is 14.1 Å². The van der Waals surface area contributed by atoms with Crippen molar-refractivity contribution in [1.82, 2.24) is 25.3 Å². The fourth-order valence-corrected chi connectivity index (χ4v) is 2.98. The van der Waals surface area contributed by atoms with Gasteiger partial charge in [-0.3, -0.25) is 14.6 Å². The van der Waals surface area contributed by atoms with Crippen LogP contribution in [0.25, 0.3) is 11.5 Å². The van der Waals surface area contributed by atoms with Gasteiger partial charge in [0, 0.05) is 32.6 Å². The number of likely N-dealkylation sites (N-methyl/N-ethyl adjacent to an activating group) is 1. The van der Waals surface area contributed by atoms with Gasteiger partial charge in [0.15, 0.2) is 0 Å². The summed E-state index contributed by atoms with van der Waals surface area (Å²) in [5, 5.41) is 6.53. The van der Waals surface area contributed by atoms with E-state index in [2.05, 4.69) is 20.4 Å². The molecule has 0 aliphatic carbocycles. The van der Waals surface area contributed by atoms with Gasteiger partial charge in [0.05, 0.1) is 0 Å². The summed E-state index contributed by atoms with van der Waals surface area (Å²) in [5.41, 5.74) is 0.625. The molecule has 2 amide bonds. The zero-order chi connectivity index (χ0) is 17.6. The molecule has 3 heterocycles. The second kappa shape index (κ2) is 7.87. The largest absolute Gasteiger partial charge is 0.357 e. The second-order valence-electron chi connectivity index (χ2n) is 5.94. The number of carbonyl (C=O) groups is 2. The van der Waals surface area contributed by atoms with Crippen molar-refractivity contribution >= 4 is 11.8 Å². The third kappa shape index (κ3) is 4.01. The molecule has 0 bridgehead atoms. The molecule has 1 aliphatic heterocycles. The minimum absolute atomic E-state index is 0.0640. The lowest BCUT2D eigenvalue weighted by molar-refractivity contribution is -0.142. The third-order valence-electron chi connectivity index (χ3n) is 4.29. The Labute approximate surface area is 145 Å². The van der Waals surface area contributed by atoms with E-state index in [0.717, 1.165) is 12.8 Å². The first kappa shape index (κ1) is 17.1. The Bertz CT molecular complexity index is 731. The number of amides is 2. The first-order chi connectivity index (χ1) is 12.2. The summed E-state index contributed by atoms with van der Waals surface area (Å²) >= 11 is 0. The maximum Gasteiger partial charge on any atom is 0.242 e. The molecule has 0 aromatic carbocycles. The molecule has 0 unspecified atom stereocenters. The molecule has 132 valence electrons. The van der Waals surface area contributed by atoms with Gasteiger partial charge in [0.1, 0.15) is 11.7 Å². The molecule has 2 aromatic rings. The van der Waals surface area contributed by atoms with Crippen LogP contribution in [0.3, 0.4) is 0 Å². The molecule has 0 radical (unpaired) electrons. The van der Waals surface area contributed by atoms with Crippen molar-refractivity contribution in [2.24, 2.45) is 0 Å². The number of aromatic nitrogens is 3. The van der Waals surface area contributed by atoms with Crippen molar-refractivity contribution in [2.75, 3.05) is 13.6 Å². The number of piperidine rings is 1. The molecule has 1 atom stereocenters. The summed E-state index contributed by atoms with van der Waals surface area (Å²) in [6.45, 7) is 0.611. The number of nitrogens with zero attached hydrogens (tertiary/aromatic N) is 4. The lowest BCUT2D eigenvalue weighted by Gasteiger charge is -2.34. The van der Waals surface area contributed by atoms with Gasteiger partial charge in [-0.15, -0.1) is 0 Å². The first-order valence-electron chi connectivity index (χ1n) is 8.44. The number of likely N-dealkylation sites (tertiary alicyclic amines) is 1. The number of aryl methyl sites for hydroxylation is 1. The normalized spacial score (nSPS) is 17.3. The van der Waals surface area contributed by atoms with E-state index >= 15 is 0 Å². The highest BCUT2D eigenvalue weighted by molar-refractivity contribution is 5.87. The van der Waals surface area contributed by atoms with Crippen LogP contribution in [0.15, 0.2) is 28.9 Å². The zero-order valence-electron chi connectivity index (χ0n) is 14.1. The Morgan fingerprint density at radius 3 is 3.00 bits per heavy atom. The number of nitrogens with one attached hydrogen (secondary N) is 1. The number of carbonyl (C=O) groups excluding carboxylic acids is 2. The molecule has 8 nitrogen and oxygen atoms in total. The SMILES string of the molecule is CNC(=O)[C@H]1CCCCN1C(=O)CCc1nc(-c2ccccn2)no1. The Hall–Kier alpha value is -2.77. The number of pyridine rings is 1. The minimum Gasteiger partial charge on any atom is -0.357 e.